The average Bonchev–Trinajstić information content (AvgIpc) is 2.86. The summed E-state index contributed by atoms with van der Waals surface area (Å²) in [5, 5.41) is 11.4. The van der Waals surface area contributed by atoms with E-state index >= 15 is 0 Å². The molecule has 0 radical (unpaired) electrons. The van der Waals surface area contributed by atoms with Crippen molar-refractivity contribution < 1.29 is 14.6 Å². The van der Waals surface area contributed by atoms with Crippen molar-refractivity contribution in [2.75, 3.05) is 13.2 Å². The molecule has 2 rings (SSSR count). The van der Waals surface area contributed by atoms with Crippen LogP contribution in [0.1, 0.15) is 57.9 Å². The van der Waals surface area contributed by atoms with Gasteiger partial charge in [-0.2, -0.15) is 0 Å². The summed E-state index contributed by atoms with van der Waals surface area (Å²) < 4.78 is 5.53. The first-order valence-corrected chi connectivity index (χ1v) is 9.21. The Morgan fingerprint density at radius 2 is 2.22 bits per heavy atom. The quantitative estimate of drug-likeness (QED) is 0.907. The molecule has 1 N–H and O–H groups in total. The molecule has 1 aromatic heterocycles. The Labute approximate surface area is 143 Å². The number of aliphatic hydroxyl groups excluding tert-OH is 1. The third kappa shape index (κ3) is 4.27. The van der Waals surface area contributed by atoms with Crippen LogP contribution in [0.2, 0.25) is 0 Å². The van der Waals surface area contributed by atoms with Gasteiger partial charge in [0.25, 0.3) is 0 Å². The van der Waals surface area contributed by atoms with Crippen molar-refractivity contribution in [1.82, 2.24) is 4.90 Å². The first kappa shape index (κ1) is 18.3. The van der Waals surface area contributed by atoms with E-state index in [2.05, 4.69) is 25.3 Å². The number of piperidine rings is 1. The zero-order valence-corrected chi connectivity index (χ0v) is 15.7. The Kier molecular flexibility index (Phi) is 5.41. The molecule has 2 atom stereocenters. The van der Waals surface area contributed by atoms with Crippen molar-refractivity contribution in [3.05, 3.63) is 21.9 Å². The maximum Gasteiger partial charge on any atom is 0.410 e. The Hall–Kier alpha value is -1.07. The normalized spacial score (nSPS) is 25.5. The Morgan fingerprint density at radius 3 is 2.78 bits per heavy atom. The molecule has 0 aromatic carbocycles. The second kappa shape index (κ2) is 6.81. The standard InChI is InChI=1S/C18H29NO3S/c1-13-12-18(5,15-14(6-10-20)7-11-23-15)8-9-19(13)16(21)22-17(2,3)4/h7,11,13,20H,6,8-10,12H2,1-5H3/t13-,18?/m0/s1. The molecule has 1 aromatic rings. The molecule has 5 heteroatoms. The topological polar surface area (TPSA) is 49.8 Å². The van der Waals surface area contributed by atoms with Gasteiger partial charge < -0.3 is 14.7 Å². The van der Waals surface area contributed by atoms with Crippen LogP contribution in [0, 0.1) is 0 Å². The van der Waals surface area contributed by atoms with Gasteiger partial charge in [0.1, 0.15) is 5.60 Å². The highest BCUT2D eigenvalue weighted by Gasteiger charge is 2.40. The van der Waals surface area contributed by atoms with Crippen LogP contribution in [0.15, 0.2) is 11.4 Å². The molecule has 0 bridgehead atoms. The number of ether oxygens (including phenoxy) is 1. The molecule has 0 saturated carbocycles. The first-order chi connectivity index (χ1) is 10.7. The molecule has 1 fully saturated rings. The molecule has 1 aliphatic rings. The monoisotopic (exact) mass is 339 g/mol. The zero-order valence-electron chi connectivity index (χ0n) is 14.9. The van der Waals surface area contributed by atoms with Crippen molar-refractivity contribution in [2.24, 2.45) is 0 Å². The van der Waals surface area contributed by atoms with Crippen LogP contribution in [-0.4, -0.2) is 40.9 Å². The van der Waals surface area contributed by atoms with Crippen LogP contribution in [0.3, 0.4) is 0 Å². The second-order valence-electron chi connectivity index (χ2n) is 7.79. The third-order valence-corrected chi connectivity index (χ3v) is 5.75. The van der Waals surface area contributed by atoms with Gasteiger partial charge in [-0.1, -0.05) is 6.92 Å². The molecular formula is C18H29NO3S. The van der Waals surface area contributed by atoms with Crippen LogP contribution < -0.4 is 0 Å². The average molecular weight is 340 g/mol. The first-order valence-electron chi connectivity index (χ1n) is 8.33. The van der Waals surface area contributed by atoms with Gasteiger partial charge in [0, 0.05) is 29.5 Å². The fourth-order valence-electron chi connectivity index (χ4n) is 3.43. The summed E-state index contributed by atoms with van der Waals surface area (Å²) in [6.07, 6.45) is 2.34. The molecule has 1 amide bonds. The molecule has 1 aliphatic heterocycles. The van der Waals surface area contributed by atoms with Gasteiger partial charge in [0.15, 0.2) is 0 Å². The predicted octanol–water partition coefficient (Wildman–Crippen LogP) is 3.96. The largest absolute Gasteiger partial charge is 0.444 e. The van der Waals surface area contributed by atoms with Crippen molar-refractivity contribution in [1.29, 1.82) is 0 Å². The number of amides is 1. The summed E-state index contributed by atoms with van der Waals surface area (Å²) in [5.41, 5.74) is 0.855. The van der Waals surface area contributed by atoms with Gasteiger partial charge in [0.05, 0.1) is 0 Å². The summed E-state index contributed by atoms with van der Waals surface area (Å²) in [4.78, 5) is 15.6. The summed E-state index contributed by atoms with van der Waals surface area (Å²) in [5.74, 6) is 0. The Bertz CT molecular complexity index is 549. The molecule has 0 aliphatic carbocycles. The molecule has 2 heterocycles. The molecule has 0 spiro atoms. The number of hydrogen-bond acceptors (Lipinski definition) is 4. The number of hydrogen-bond donors (Lipinski definition) is 1. The number of rotatable bonds is 3. The Morgan fingerprint density at radius 1 is 1.52 bits per heavy atom. The van der Waals surface area contributed by atoms with E-state index in [4.69, 9.17) is 4.74 Å². The van der Waals surface area contributed by atoms with Crippen LogP contribution in [0.25, 0.3) is 0 Å². The highest BCUT2D eigenvalue weighted by Crippen LogP contribution is 2.42. The van der Waals surface area contributed by atoms with Gasteiger partial charge in [0.2, 0.25) is 0 Å². The molecular weight excluding hydrogens is 310 g/mol. The van der Waals surface area contributed by atoms with Crippen LogP contribution >= 0.6 is 11.3 Å². The fraction of sp³-hybridized carbons (Fsp3) is 0.722. The minimum atomic E-state index is -0.459. The number of likely N-dealkylation sites (tertiary alicyclic amines) is 1. The zero-order chi connectivity index (χ0) is 17.3. The lowest BCUT2D eigenvalue weighted by Gasteiger charge is -2.44. The van der Waals surface area contributed by atoms with Gasteiger partial charge in [-0.25, -0.2) is 4.79 Å². The summed E-state index contributed by atoms with van der Waals surface area (Å²) in [6, 6.07) is 2.26. The lowest BCUT2D eigenvalue weighted by Crippen LogP contribution is -2.50. The van der Waals surface area contributed by atoms with Crippen LogP contribution in [0.4, 0.5) is 4.79 Å². The lowest BCUT2D eigenvalue weighted by molar-refractivity contribution is 0.00547. The smallest absolute Gasteiger partial charge is 0.410 e. The van der Waals surface area contributed by atoms with Crippen LogP contribution in [-0.2, 0) is 16.6 Å². The van der Waals surface area contributed by atoms with Crippen molar-refractivity contribution in [3.63, 3.8) is 0 Å². The number of thiophene rings is 1. The maximum atomic E-state index is 12.4. The number of aliphatic hydroxyl groups is 1. The van der Waals surface area contributed by atoms with Gasteiger partial charge >= 0.3 is 6.09 Å². The maximum absolute atomic E-state index is 12.4. The van der Waals surface area contributed by atoms with Gasteiger partial charge in [-0.05, 0) is 64.0 Å². The van der Waals surface area contributed by atoms with E-state index < -0.39 is 5.60 Å². The summed E-state index contributed by atoms with van der Waals surface area (Å²) >= 11 is 1.77. The highest BCUT2D eigenvalue weighted by molar-refractivity contribution is 7.10. The molecule has 23 heavy (non-hydrogen) atoms. The van der Waals surface area contributed by atoms with E-state index in [1.807, 2.05) is 25.7 Å². The number of nitrogens with zero attached hydrogens (tertiary/aromatic N) is 1. The minimum Gasteiger partial charge on any atom is -0.444 e. The highest BCUT2D eigenvalue weighted by atomic mass is 32.1. The SMILES string of the molecule is C[C@H]1CC(C)(c2sccc2CCO)CCN1C(=O)OC(C)(C)C. The third-order valence-electron chi connectivity index (χ3n) is 4.49. The lowest BCUT2D eigenvalue weighted by atomic mass is 9.75. The van der Waals surface area contributed by atoms with E-state index in [1.54, 1.807) is 11.3 Å². The van der Waals surface area contributed by atoms with E-state index in [-0.39, 0.29) is 24.2 Å². The van der Waals surface area contributed by atoms with E-state index in [1.165, 1.54) is 10.4 Å². The molecule has 130 valence electrons. The molecule has 4 nitrogen and oxygen atoms in total. The van der Waals surface area contributed by atoms with Crippen molar-refractivity contribution in [2.45, 2.75) is 70.9 Å². The van der Waals surface area contributed by atoms with Gasteiger partial charge in [-0.3, -0.25) is 0 Å². The van der Waals surface area contributed by atoms with Crippen molar-refractivity contribution >= 4 is 17.4 Å². The number of carbonyl (C=O) groups is 1. The Balaban J connectivity index is 2.10. The van der Waals surface area contributed by atoms with Crippen molar-refractivity contribution in [3.8, 4) is 0 Å². The predicted molar refractivity (Wildman–Crippen MR) is 94.1 cm³/mol. The fourth-order valence-corrected chi connectivity index (χ4v) is 4.59. The summed E-state index contributed by atoms with van der Waals surface area (Å²) in [6.45, 7) is 11.0. The number of carbonyl (C=O) groups excluding carboxylic acids is 1. The second-order valence-corrected chi connectivity index (χ2v) is 8.70. The van der Waals surface area contributed by atoms with E-state index in [0.29, 0.717) is 13.0 Å². The molecule has 1 unspecified atom stereocenters. The van der Waals surface area contributed by atoms with Gasteiger partial charge in [-0.15, -0.1) is 11.3 Å². The van der Waals surface area contributed by atoms with Crippen LogP contribution in [0.5, 0.6) is 0 Å². The minimum absolute atomic E-state index is 0.0661. The van der Waals surface area contributed by atoms with E-state index in [0.717, 1.165) is 12.8 Å². The molecule has 1 saturated heterocycles. The van der Waals surface area contributed by atoms with E-state index in [9.17, 15) is 9.90 Å². The summed E-state index contributed by atoms with van der Waals surface area (Å²) in [7, 11) is 0.